The Labute approximate surface area is 683 Å². The van der Waals surface area contributed by atoms with Crippen molar-refractivity contribution >= 4 is 43.6 Å². The van der Waals surface area contributed by atoms with E-state index in [1.807, 2.05) is 158 Å². The van der Waals surface area contributed by atoms with Crippen molar-refractivity contribution in [3.63, 3.8) is 0 Å². The maximum absolute atomic E-state index is 17.0. The second-order valence-electron chi connectivity index (χ2n) is 30.8. The molecule has 0 N–H and O–H groups in total. The molecule has 10 heteroatoms. The molecular weight excluding hydrogens is 1450 g/mol. The zero-order valence-corrected chi connectivity index (χ0v) is 65.8. The highest BCUT2D eigenvalue weighted by Gasteiger charge is 2.27. The minimum absolute atomic E-state index is 0.368. The normalized spacial score (nSPS) is 11.6. The first-order chi connectivity index (χ1) is 57.8. The fourth-order valence-electron chi connectivity index (χ4n) is 17.3. The number of aryl methyl sites for hydroxylation is 6. The highest BCUT2D eigenvalue weighted by molar-refractivity contribution is 6.15. The van der Waals surface area contributed by atoms with Crippen LogP contribution in [0.5, 0.6) is 0 Å². The second kappa shape index (κ2) is 29.8. The van der Waals surface area contributed by atoms with Gasteiger partial charge in [-0.1, -0.05) is 278 Å². The van der Waals surface area contributed by atoms with Gasteiger partial charge in [-0.05, 0) is 215 Å². The van der Waals surface area contributed by atoms with Gasteiger partial charge in [-0.2, -0.15) is 0 Å². The highest BCUT2D eigenvalue weighted by Crippen LogP contribution is 2.48. The molecule has 20 aromatic rings. The van der Waals surface area contributed by atoms with E-state index in [-0.39, 0.29) is 11.6 Å². The highest BCUT2D eigenvalue weighted by atomic mass is 19.1. The molecule has 0 spiro atoms. The average molecular weight is 1520 g/mol. The molecule has 0 aliphatic rings. The van der Waals surface area contributed by atoms with Crippen LogP contribution in [0.4, 0.5) is 8.78 Å². The van der Waals surface area contributed by atoms with Crippen molar-refractivity contribution in [3.05, 3.63) is 397 Å². The van der Waals surface area contributed by atoms with Gasteiger partial charge in [-0.3, -0.25) is 0 Å². The molecule has 4 heterocycles. The van der Waals surface area contributed by atoms with E-state index < -0.39 is 0 Å². The van der Waals surface area contributed by atoms with Gasteiger partial charge < -0.3 is 9.13 Å². The van der Waals surface area contributed by atoms with Gasteiger partial charge in [0.25, 0.3) is 0 Å². The quantitative estimate of drug-likeness (QED) is 0.102. The fourth-order valence-corrected chi connectivity index (χ4v) is 17.3. The van der Waals surface area contributed by atoms with Crippen molar-refractivity contribution < 1.29 is 8.78 Å². The summed E-state index contributed by atoms with van der Waals surface area (Å²) in [5.41, 5.74) is 30.2. The Morgan fingerprint density at radius 2 is 0.525 bits per heavy atom. The Kier molecular flexibility index (Phi) is 18.2. The molecule has 118 heavy (non-hydrogen) atoms. The van der Waals surface area contributed by atoms with Crippen molar-refractivity contribution in [1.82, 2.24) is 39.0 Å². The fraction of sp³-hybridized carbons (Fsp3) is 0.0556. The van der Waals surface area contributed by atoms with E-state index >= 15 is 8.78 Å². The number of hydrogen-bond acceptors (Lipinski definition) is 6. The van der Waals surface area contributed by atoms with Crippen LogP contribution in [0.15, 0.2) is 352 Å². The zero-order chi connectivity index (χ0) is 79.8. The third-order valence-corrected chi connectivity index (χ3v) is 23.1. The van der Waals surface area contributed by atoms with Gasteiger partial charge in [0, 0.05) is 77.4 Å². The van der Waals surface area contributed by atoms with E-state index in [2.05, 4.69) is 221 Å². The number of benzene rings is 16. The molecule has 4 aromatic heterocycles. The monoisotopic (exact) mass is 1520 g/mol. The summed E-state index contributed by atoms with van der Waals surface area (Å²) < 4.78 is 38.6. The molecule has 0 aliphatic heterocycles. The SMILES string of the molecule is Cc1ccc(-c2ccc3c(c2)c2cc(-c4ccc(C)cc4C)c(-c4ccc(-c5ccc6c7ccc(-c8ccccc8C)cc7n(-c7ccc(-c8nc(-c9ccccc9)nc(-c9ccccc9)n8)c(-c8ccccc8F)c7)c6c5)c(C)c4)cc2n3-c2ccc(-c3nc(-c4ccccc4)nc(-c4ccccc4)n3)c(-c3ccccc3F)c2)c(C)c1. The standard InChI is InChI=1S/C108H76F2N8/c1-65-39-47-82(68(4)55-65)76-44-54-99-95(58-76)96-63-94(84-48-40-66(2)56-69(84)5)91(64-102(96)117(99)79-45-52-89(92(61-79)85-35-21-23-37-97(85)109)107-113-103(71-26-11-7-12-27-71)111-104(114-107)72-28-13-8-14-29-72)75-41-49-83(70(6)57-75)78-43-51-88-87-50-42-77(81-34-20-19-25-67(81)3)59-100(87)118(101(88)60-78)80-46-53-90(93(62-80)86-36-22-24-38-98(86)110)108-115-105(73-30-15-9-16-31-73)112-106(116-108)74-32-17-10-18-33-74/h7-64H,1-6H3. The summed E-state index contributed by atoms with van der Waals surface area (Å²) in [6, 6.07) is 120. The number of aromatic nitrogens is 8. The van der Waals surface area contributed by atoms with Gasteiger partial charge in [0.05, 0.1) is 22.1 Å². The summed E-state index contributed by atoms with van der Waals surface area (Å²) >= 11 is 0. The lowest BCUT2D eigenvalue weighted by atomic mass is 9.88. The lowest BCUT2D eigenvalue weighted by Crippen LogP contribution is -2.02. The molecule has 0 saturated heterocycles. The number of nitrogens with zero attached hydrogens (tertiary/aromatic N) is 8. The summed E-state index contributed by atoms with van der Waals surface area (Å²) in [5, 5.41) is 4.28. The third kappa shape index (κ3) is 13.1. The van der Waals surface area contributed by atoms with E-state index in [0.717, 1.165) is 144 Å². The molecule has 0 bridgehead atoms. The Morgan fingerprint density at radius 3 is 0.983 bits per heavy atom. The van der Waals surface area contributed by atoms with Gasteiger partial charge in [-0.15, -0.1) is 0 Å². The predicted molar refractivity (Wildman–Crippen MR) is 481 cm³/mol. The molecule has 0 saturated carbocycles. The molecule has 20 rings (SSSR count). The molecule has 0 aliphatic carbocycles. The Morgan fingerprint density at radius 1 is 0.186 bits per heavy atom. The van der Waals surface area contributed by atoms with Crippen LogP contribution < -0.4 is 0 Å². The van der Waals surface area contributed by atoms with E-state index in [1.165, 1.54) is 34.4 Å². The Balaban J connectivity index is 0.783. The van der Waals surface area contributed by atoms with E-state index in [9.17, 15) is 0 Å². The van der Waals surface area contributed by atoms with Crippen molar-refractivity contribution in [3.8, 4) is 158 Å². The van der Waals surface area contributed by atoms with Crippen molar-refractivity contribution in [1.29, 1.82) is 0 Å². The largest absolute Gasteiger partial charge is 0.309 e. The summed E-state index contributed by atoms with van der Waals surface area (Å²) in [7, 11) is 0. The van der Waals surface area contributed by atoms with E-state index in [1.54, 1.807) is 12.1 Å². The molecule has 0 fully saturated rings. The maximum atomic E-state index is 17.0. The van der Waals surface area contributed by atoms with Gasteiger partial charge in [0.2, 0.25) is 0 Å². The molecule has 0 radical (unpaired) electrons. The lowest BCUT2D eigenvalue weighted by Gasteiger charge is -2.18. The van der Waals surface area contributed by atoms with Gasteiger partial charge >= 0.3 is 0 Å². The van der Waals surface area contributed by atoms with Gasteiger partial charge in [-0.25, -0.2) is 38.7 Å². The van der Waals surface area contributed by atoms with Crippen LogP contribution in [0, 0.1) is 53.2 Å². The minimum atomic E-state index is -0.370. The second-order valence-corrected chi connectivity index (χ2v) is 30.8. The number of hydrogen-bond donors (Lipinski definition) is 0. The van der Waals surface area contributed by atoms with Crippen LogP contribution >= 0.6 is 0 Å². The van der Waals surface area contributed by atoms with Crippen LogP contribution in [0.2, 0.25) is 0 Å². The smallest absolute Gasteiger partial charge is 0.164 e. The van der Waals surface area contributed by atoms with E-state index in [4.69, 9.17) is 29.9 Å². The minimum Gasteiger partial charge on any atom is -0.309 e. The van der Waals surface area contributed by atoms with Crippen LogP contribution in [0.1, 0.15) is 33.4 Å². The molecular formula is C108H76F2N8. The number of rotatable bonds is 15. The molecule has 0 atom stereocenters. The van der Waals surface area contributed by atoms with Crippen molar-refractivity contribution in [2.24, 2.45) is 0 Å². The summed E-state index contributed by atoms with van der Waals surface area (Å²) in [5.74, 6) is 2.13. The number of fused-ring (bicyclic) bond motifs is 6. The first kappa shape index (κ1) is 72.0. The van der Waals surface area contributed by atoms with Crippen LogP contribution in [0.25, 0.3) is 201 Å². The zero-order valence-electron chi connectivity index (χ0n) is 65.8. The summed E-state index contributed by atoms with van der Waals surface area (Å²) in [6.07, 6.45) is 0. The summed E-state index contributed by atoms with van der Waals surface area (Å²) in [6.45, 7) is 13.1. The first-order valence-electron chi connectivity index (χ1n) is 39.8. The molecule has 562 valence electrons. The lowest BCUT2D eigenvalue weighted by molar-refractivity contribution is 0.631. The average Bonchev–Trinajstić information content (AvgIpc) is 1.57. The number of halogens is 2. The van der Waals surface area contributed by atoms with Crippen LogP contribution in [-0.4, -0.2) is 39.0 Å². The maximum Gasteiger partial charge on any atom is 0.164 e. The predicted octanol–water partition coefficient (Wildman–Crippen LogP) is 28.1. The summed E-state index contributed by atoms with van der Waals surface area (Å²) in [4.78, 5) is 30.9. The molecule has 16 aromatic carbocycles. The third-order valence-electron chi connectivity index (χ3n) is 23.1. The van der Waals surface area contributed by atoms with Crippen LogP contribution in [0.3, 0.4) is 0 Å². The van der Waals surface area contributed by atoms with Crippen molar-refractivity contribution in [2.45, 2.75) is 41.5 Å². The van der Waals surface area contributed by atoms with E-state index in [0.29, 0.717) is 68.3 Å². The van der Waals surface area contributed by atoms with Gasteiger partial charge in [0.1, 0.15) is 11.6 Å². The topological polar surface area (TPSA) is 87.2 Å². The van der Waals surface area contributed by atoms with Crippen LogP contribution in [-0.2, 0) is 0 Å². The van der Waals surface area contributed by atoms with Gasteiger partial charge in [0.15, 0.2) is 34.9 Å². The first-order valence-corrected chi connectivity index (χ1v) is 39.8. The molecule has 0 unspecified atom stereocenters. The molecule has 0 amide bonds. The Bertz CT molecular complexity index is 7280. The van der Waals surface area contributed by atoms with Crippen molar-refractivity contribution in [2.75, 3.05) is 0 Å². The molecule has 8 nitrogen and oxygen atoms in total. The Hall–Kier alpha value is -15.0.